The Hall–Kier alpha value is -1.92. The van der Waals surface area contributed by atoms with E-state index in [9.17, 15) is 4.79 Å². The lowest BCUT2D eigenvalue weighted by atomic mass is 10.1. The maximum absolute atomic E-state index is 12.4. The summed E-state index contributed by atoms with van der Waals surface area (Å²) in [6.45, 7) is 0.327. The molecule has 100 valence electrons. The van der Waals surface area contributed by atoms with Gasteiger partial charge in [0.25, 0.3) is 0 Å². The Balaban J connectivity index is 2.41. The third-order valence-electron chi connectivity index (χ3n) is 2.61. The summed E-state index contributed by atoms with van der Waals surface area (Å²) in [5.74, 6) is 0.887. The molecule has 0 fully saturated rings. The van der Waals surface area contributed by atoms with E-state index in [1.165, 1.54) is 18.4 Å². The minimum atomic E-state index is -0.202. The highest BCUT2D eigenvalue weighted by molar-refractivity contribution is 7.09. The van der Waals surface area contributed by atoms with Crippen LogP contribution in [0.2, 0.25) is 0 Å². The first-order chi connectivity index (χ1) is 9.19. The Morgan fingerprint density at radius 1 is 1.37 bits per heavy atom. The van der Waals surface area contributed by atoms with Gasteiger partial charge in [0.2, 0.25) is 5.78 Å². The molecule has 6 heteroatoms. The molecule has 0 radical (unpaired) electrons. The summed E-state index contributed by atoms with van der Waals surface area (Å²) in [5.41, 5.74) is 6.29. The van der Waals surface area contributed by atoms with Gasteiger partial charge in [0.15, 0.2) is 0 Å². The molecule has 2 rings (SSSR count). The van der Waals surface area contributed by atoms with Crippen LogP contribution in [0.5, 0.6) is 11.5 Å². The zero-order chi connectivity index (χ0) is 13.8. The van der Waals surface area contributed by atoms with Crippen molar-refractivity contribution >= 4 is 17.1 Å². The lowest BCUT2D eigenvalue weighted by Crippen LogP contribution is -2.06. The van der Waals surface area contributed by atoms with Crippen LogP contribution in [0.4, 0.5) is 0 Å². The fraction of sp³-hybridized carbons (Fsp3) is 0.231. The van der Waals surface area contributed by atoms with Crippen molar-refractivity contribution in [2.45, 2.75) is 6.54 Å². The first-order valence-electron chi connectivity index (χ1n) is 5.60. The van der Waals surface area contributed by atoms with Crippen LogP contribution in [0.25, 0.3) is 0 Å². The molecule has 1 heterocycles. The standard InChI is InChI=1S/C13H14N2O3S/c1-17-8-3-4-11(18-2)9(5-8)13(16)10-7-19-12(6-14)15-10/h3-5,7H,6,14H2,1-2H3. The van der Waals surface area contributed by atoms with Gasteiger partial charge < -0.3 is 15.2 Å². The van der Waals surface area contributed by atoms with E-state index < -0.39 is 0 Å². The number of carbonyl (C=O) groups excluding carboxylic acids is 1. The Morgan fingerprint density at radius 3 is 2.74 bits per heavy atom. The predicted molar refractivity (Wildman–Crippen MR) is 73.0 cm³/mol. The van der Waals surface area contributed by atoms with Gasteiger partial charge in [-0.15, -0.1) is 11.3 Å². The first-order valence-corrected chi connectivity index (χ1v) is 6.48. The van der Waals surface area contributed by atoms with Crippen LogP contribution >= 0.6 is 11.3 Å². The minimum Gasteiger partial charge on any atom is -0.497 e. The van der Waals surface area contributed by atoms with Gasteiger partial charge in [0.1, 0.15) is 22.2 Å². The third-order valence-corrected chi connectivity index (χ3v) is 3.48. The van der Waals surface area contributed by atoms with Gasteiger partial charge in [0.05, 0.1) is 19.8 Å². The Labute approximate surface area is 115 Å². The number of ether oxygens (including phenoxy) is 2. The van der Waals surface area contributed by atoms with Crippen molar-refractivity contribution in [3.63, 3.8) is 0 Å². The second-order valence-corrected chi connectivity index (χ2v) is 4.67. The molecule has 5 nitrogen and oxygen atoms in total. The summed E-state index contributed by atoms with van der Waals surface area (Å²) in [5, 5.41) is 2.42. The van der Waals surface area contributed by atoms with Crippen LogP contribution in [0, 0.1) is 0 Å². The summed E-state index contributed by atoms with van der Waals surface area (Å²) in [6.07, 6.45) is 0. The number of ketones is 1. The molecule has 19 heavy (non-hydrogen) atoms. The molecule has 0 saturated heterocycles. The van der Waals surface area contributed by atoms with Gasteiger partial charge >= 0.3 is 0 Å². The van der Waals surface area contributed by atoms with E-state index in [2.05, 4.69) is 4.98 Å². The fourth-order valence-electron chi connectivity index (χ4n) is 1.64. The topological polar surface area (TPSA) is 74.4 Å². The van der Waals surface area contributed by atoms with E-state index in [4.69, 9.17) is 15.2 Å². The van der Waals surface area contributed by atoms with Crippen LogP contribution in [0.15, 0.2) is 23.6 Å². The van der Waals surface area contributed by atoms with Crippen molar-refractivity contribution < 1.29 is 14.3 Å². The molecule has 0 spiro atoms. The molecule has 0 aliphatic heterocycles. The quantitative estimate of drug-likeness (QED) is 0.845. The summed E-state index contributed by atoms with van der Waals surface area (Å²) in [6, 6.07) is 5.08. The Morgan fingerprint density at radius 2 is 2.16 bits per heavy atom. The van der Waals surface area contributed by atoms with Crippen LogP contribution in [-0.2, 0) is 6.54 Å². The average molecular weight is 278 g/mol. The van der Waals surface area contributed by atoms with E-state index in [1.807, 2.05) is 0 Å². The molecule has 0 amide bonds. The lowest BCUT2D eigenvalue weighted by molar-refractivity contribution is 0.103. The van der Waals surface area contributed by atoms with Gasteiger partial charge in [-0.25, -0.2) is 4.98 Å². The van der Waals surface area contributed by atoms with Gasteiger partial charge in [-0.1, -0.05) is 0 Å². The van der Waals surface area contributed by atoms with Crippen molar-refractivity contribution in [1.29, 1.82) is 0 Å². The second-order valence-electron chi connectivity index (χ2n) is 3.73. The highest BCUT2D eigenvalue weighted by atomic mass is 32.1. The van der Waals surface area contributed by atoms with Crippen LogP contribution in [0.3, 0.4) is 0 Å². The van der Waals surface area contributed by atoms with E-state index in [-0.39, 0.29) is 5.78 Å². The molecule has 0 aliphatic carbocycles. The first kappa shape index (κ1) is 13.5. The summed E-state index contributed by atoms with van der Waals surface area (Å²) < 4.78 is 10.3. The molecule has 1 aromatic heterocycles. The smallest absolute Gasteiger partial charge is 0.216 e. The molecule has 0 unspecified atom stereocenters. The summed E-state index contributed by atoms with van der Waals surface area (Å²) in [7, 11) is 3.07. The highest BCUT2D eigenvalue weighted by Crippen LogP contribution is 2.26. The fourth-order valence-corrected chi connectivity index (χ4v) is 2.29. The Bertz CT molecular complexity index is 595. The maximum atomic E-state index is 12.4. The van der Waals surface area contributed by atoms with E-state index in [0.717, 1.165) is 5.01 Å². The number of rotatable bonds is 5. The number of nitrogens with zero attached hydrogens (tertiary/aromatic N) is 1. The monoisotopic (exact) mass is 278 g/mol. The number of hydrogen-bond acceptors (Lipinski definition) is 6. The second kappa shape index (κ2) is 5.81. The van der Waals surface area contributed by atoms with Crippen molar-refractivity contribution in [3.8, 4) is 11.5 Å². The normalized spacial score (nSPS) is 10.3. The zero-order valence-electron chi connectivity index (χ0n) is 10.7. The number of thiazole rings is 1. The largest absolute Gasteiger partial charge is 0.497 e. The number of methoxy groups -OCH3 is 2. The van der Waals surface area contributed by atoms with E-state index in [1.54, 1.807) is 30.7 Å². The van der Waals surface area contributed by atoms with Crippen molar-refractivity contribution in [3.05, 3.63) is 39.8 Å². The van der Waals surface area contributed by atoms with E-state index in [0.29, 0.717) is 29.3 Å². The highest BCUT2D eigenvalue weighted by Gasteiger charge is 2.18. The number of carbonyl (C=O) groups is 1. The predicted octanol–water partition coefficient (Wildman–Crippen LogP) is 1.85. The molecule has 2 N–H and O–H groups in total. The molecule has 0 atom stereocenters. The van der Waals surface area contributed by atoms with Gasteiger partial charge in [-0.05, 0) is 18.2 Å². The third kappa shape index (κ3) is 2.74. The molecule has 0 bridgehead atoms. The maximum Gasteiger partial charge on any atom is 0.216 e. The average Bonchev–Trinajstić information content (AvgIpc) is 2.94. The molecule has 0 saturated carbocycles. The number of nitrogens with two attached hydrogens (primary N) is 1. The minimum absolute atomic E-state index is 0.202. The molecular formula is C13H14N2O3S. The van der Waals surface area contributed by atoms with E-state index >= 15 is 0 Å². The van der Waals surface area contributed by atoms with Crippen molar-refractivity contribution in [2.24, 2.45) is 5.73 Å². The van der Waals surface area contributed by atoms with Crippen molar-refractivity contribution in [2.75, 3.05) is 14.2 Å². The van der Waals surface area contributed by atoms with Crippen LogP contribution < -0.4 is 15.2 Å². The molecular weight excluding hydrogens is 264 g/mol. The van der Waals surface area contributed by atoms with Crippen LogP contribution in [0.1, 0.15) is 21.1 Å². The SMILES string of the molecule is COc1ccc(OC)c(C(=O)c2csc(CN)n2)c1. The van der Waals surface area contributed by atoms with Crippen molar-refractivity contribution in [1.82, 2.24) is 4.98 Å². The number of hydrogen-bond donors (Lipinski definition) is 1. The van der Waals surface area contributed by atoms with Gasteiger partial charge in [-0.2, -0.15) is 0 Å². The summed E-state index contributed by atoms with van der Waals surface area (Å²) >= 11 is 1.37. The van der Waals surface area contributed by atoms with Gasteiger partial charge in [0, 0.05) is 11.9 Å². The zero-order valence-corrected chi connectivity index (χ0v) is 11.5. The number of benzene rings is 1. The molecule has 1 aromatic carbocycles. The Kier molecular flexibility index (Phi) is 4.13. The number of aromatic nitrogens is 1. The molecule has 2 aromatic rings. The summed E-state index contributed by atoms with van der Waals surface area (Å²) in [4.78, 5) is 16.6. The van der Waals surface area contributed by atoms with Crippen LogP contribution in [-0.4, -0.2) is 25.0 Å². The van der Waals surface area contributed by atoms with Gasteiger partial charge in [-0.3, -0.25) is 4.79 Å². The molecule has 0 aliphatic rings. The lowest BCUT2D eigenvalue weighted by Gasteiger charge is -2.08.